The van der Waals surface area contributed by atoms with Crippen LogP contribution >= 0.6 is 11.8 Å². The van der Waals surface area contributed by atoms with Crippen LogP contribution in [0.15, 0.2) is 0 Å². The molecule has 0 aromatic heterocycles. The maximum atomic E-state index is 12.2. The van der Waals surface area contributed by atoms with Crippen LogP contribution in [0.3, 0.4) is 0 Å². The Morgan fingerprint density at radius 1 is 1.32 bits per heavy atom. The van der Waals surface area contributed by atoms with Gasteiger partial charge in [0.05, 0.1) is 15.4 Å². The summed E-state index contributed by atoms with van der Waals surface area (Å²) in [6, 6.07) is 0. The van der Waals surface area contributed by atoms with Gasteiger partial charge in [0.2, 0.25) is 0 Å². The van der Waals surface area contributed by atoms with Gasteiger partial charge in [0.25, 0.3) is 0 Å². The van der Waals surface area contributed by atoms with Crippen LogP contribution < -0.4 is 29.6 Å². The molecule has 2 fully saturated rings. The van der Waals surface area contributed by atoms with Gasteiger partial charge in [0, 0.05) is 18.5 Å². The summed E-state index contributed by atoms with van der Waals surface area (Å²) in [4.78, 5) is 13.6. The van der Waals surface area contributed by atoms with E-state index in [-0.39, 0.29) is 36.1 Å². The van der Waals surface area contributed by atoms with Crippen LogP contribution in [0.4, 0.5) is 4.79 Å². The third-order valence-corrected chi connectivity index (χ3v) is 6.40. The van der Waals surface area contributed by atoms with Gasteiger partial charge in [-0.15, -0.1) is 0 Å². The number of carbonyl (C=O) groups excluding carboxylic acids is 1. The van der Waals surface area contributed by atoms with E-state index in [1.165, 1.54) is 4.90 Å². The van der Waals surface area contributed by atoms with Crippen LogP contribution in [0, 0.1) is 5.41 Å². The summed E-state index contributed by atoms with van der Waals surface area (Å²) in [5.41, 5.74) is -1.23. The van der Waals surface area contributed by atoms with Crippen molar-refractivity contribution in [2.45, 2.75) is 44.5 Å². The molecule has 122 valence electrons. The molecule has 6 nitrogen and oxygen atoms in total. The van der Waals surface area contributed by atoms with Gasteiger partial charge >= 0.3 is 35.7 Å². The molecule has 1 unspecified atom stereocenters. The molecule has 1 atom stereocenters. The second-order valence-electron chi connectivity index (χ2n) is 6.82. The van der Waals surface area contributed by atoms with E-state index < -0.39 is 32.5 Å². The largest absolute Gasteiger partial charge is 1.00 e. The molecular formula is C13H22NNaO5S2. The SMILES string of the molecule is CC(C)(C)OC(=O)N1CC(S(=O)(=O)[O-])C2(CCSCC2)C1.[Na+]. The number of thioether (sulfide) groups is 1. The van der Waals surface area contributed by atoms with Gasteiger partial charge in [-0.1, -0.05) is 0 Å². The Labute approximate surface area is 158 Å². The molecule has 9 heteroatoms. The molecule has 0 bridgehead atoms. The molecule has 0 aromatic rings. The fourth-order valence-corrected chi connectivity index (χ4v) is 5.65. The van der Waals surface area contributed by atoms with Crippen molar-refractivity contribution in [3.63, 3.8) is 0 Å². The van der Waals surface area contributed by atoms with Crippen molar-refractivity contribution in [2.24, 2.45) is 5.41 Å². The zero-order valence-electron chi connectivity index (χ0n) is 13.6. The van der Waals surface area contributed by atoms with E-state index in [0.717, 1.165) is 11.5 Å². The van der Waals surface area contributed by atoms with E-state index in [9.17, 15) is 17.8 Å². The van der Waals surface area contributed by atoms with E-state index >= 15 is 0 Å². The number of ether oxygens (including phenoxy) is 1. The second kappa shape index (κ2) is 7.19. The number of amides is 1. The van der Waals surface area contributed by atoms with Crippen molar-refractivity contribution in [3.8, 4) is 0 Å². The standard InChI is InChI=1S/C13H23NO5S2.Na/c1-12(2,3)19-11(15)14-8-10(21(16,17)18)13(9-14)4-6-20-7-5-13;/h10H,4-9H2,1-3H3,(H,16,17,18);/q;+1/p-1. The third-order valence-electron chi connectivity index (χ3n) is 4.06. The molecule has 2 aliphatic rings. The summed E-state index contributed by atoms with van der Waals surface area (Å²) in [5, 5.41) is -1.02. The van der Waals surface area contributed by atoms with Crippen molar-refractivity contribution >= 4 is 28.0 Å². The Bertz CT molecular complexity index is 511. The molecule has 2 saturated heterocycles. The predicted octanol–water partition coefficient (Wildman–Crippen LogP) is -1.33. The summed E-state index contributed by atoms with van der Waals surface area (Å²) in [5.74, 6) is 1.66. The molecule has 2 aliphatic heterocycles. The summed E-state index contributed by atoms with van der Waals surface area (Å²) in [6.07, 6.45) is 0.776. The Hall–Kier alpha value is 0.530. The maximum Gasteiger partial charge on any atom is 1.00 e. The smallest absolute Gasteiger partial charge is 0.748 e. The van der Waals surface area contributed by atoms with Crippen molar-refractivity contribution in [1.82, 2.24) is 4.90 Å². The van der Waals surface area contributed by atoms with E-state index in [0.29, 0.717) is 19.4 Å². The fourth-order valence-electron chi connectivity index (χ4n) is 3.06. The summed E-state index contributed by atoms with van der Waals surface area (Å²) in [7, 11) is -4.43. The fraction of sp³-hybridized carbons (Fsp3) is 0.923. The van der Waals surface area contributed by atoms with Crippen molar-refractivity contribution < 1.29 is 52.1 Å². The van der Waals surface area contributed by atoms with Gasteiger partial charge in [-0.2, -0.15) is 11.8 Å². The first kappa shape index (κ1) is 20.6. The number of likely N-dealkylation sites (tertiary alicyclic amines) is 1. The van der Waals surface area contributed by atoms with Gasteiger partial charge < -0.3 is 14.2 Å². The van der Waals surface area contributed by atoms with E-state index in [1.807, 2.05) is 0 Å². The minimum atomic E-state index is -4.43. The van der Waals surface area contributed by atoms with E-state index in [4.69, 9.17) is 4.74 Å². The molecule has 0 radical (unpaired) electrons. The molecule has 2 rings (SSSR count). The molecule has 22 heavy (non-hydrogen) atoms. The quantitative estimate of drug-likeness (QED) is 0.426. The molecular weight excluding hydrogens is 337 g/mol. The van der Waals surface area contributed by atoms with E-state index in [2.05, 4.69) is 0 Å². The zero-order chi connectivity index (χ0) is 15.9. The van der Waals surface area contributed by atoms with Gasteiger partial charge in [-0.05, 0) is 45.1 Å². The predicted molar refractivity (Wildman–Crippen MR) is 80.3 cm³/mol. The normalized spacial score (nSPS) is 24.9. The van der Waals surface area contributed by atoms with Crippen molar-refractivity contribution in [3.05, 3.63) is 0 Å². The Balaban J connectivity index is 0.00000242. The first-order valence-corrected chi connectivity index (χ1v) is 9.67. The maximum absolute atomic E-state index is 12.2. The number of nitrogens with zero attached hydrogens (tertiary/aromatic N) is 1. The van der Waals surface area contributed by atoms with Crippen LogP contribution in [-0.2, 0) is 14.9 Å². The number of hydrogen-bond donors (Lipinski definition) is 0. The van der Waals surface area contributed by atoms with Crippen LogP contribution in [0.5, 0.6) is 0 Å². The van der Waals surface area contributed by atoms with Crippen molar-refractivity contribution in [2.75, 3.05) is 24.6 Å². The van der Waals surface area contributed by atoms with Crippen LogP contribution in [0.25, 0.3) is 0 Å². The first-order chi connectivity index (χ1) is 9.54. The van der Waals surface area contributed by atoms with E-state index in [1.54, 1.807) is 32.5 Å². The van der Waals surface area contributed by atoms with Crippen LogP contribution in [-0.4, -0.2) is 59.4 Å². The third kappa shape index (κ3) is 4.77. The van der Waals surface area contributed by atoms with Gasteiger partial charge in [0.15, 0.2) is 0 Å². The molecule has 1 amide bonds. The van der Waals surface area contributed by atoms with Gasteiger partial charge in [0.1, 0.15) is 5.60 Å². The zero-order valence-corrected chi connectivity index (χ0v) is 17.3. The molecule has 0 aliphatic carbocycles. The Morgan fingerprint density at radius 3 is 2.32 bits per heavy atom. The summed E-state index contributed by atoms with van der Waals surface area (Å²) >= 11 is 1.76. The summed E-state index contributed by atoms with van der Waals surface area (Å²) in [6.45, 7) is 5.53. The van der Waals surface area contributed by atoms with Crippen molar-refractivity contribution in [1.29, 1.82) is 0 Å². The Kier molecular flexibility index (Phi) is 6.72. The van der Waals surface area contributed by atoms with Gasteiger partial charge in [-0.25, -0.2) is 13.2 Å². The molecule has 2 heterocycles. The molecule has 0 saturated carbocycles. The summed E-state index contributed by atoms with van der Waals surface area (Å²) < 4.78 is 40.2. The molecule has 0 N–H and O–H groups in total. The molecule has 1 spiro atoms. The number of hydrogen-bond acceptors (Lipinski definition) is 6. The van der Waals surface area contributed by atoms with Crippen LogP contribution in [0.2, 0.25) is 0 Å². The average Bonchev–Trinajstić information content (AvgIpc) is 2.67. The number of carbonyl (C=O) groups is 1. The van der Waals surface area contributed by atoms with Gasteiger partial charge in [-0.3, -0.25) is 0 Å². The minimum absolute atomic E-state index is 0. The topological polar surface area (TPSA) is 86.7 Å². The Morgan fingerprint density at radius 2 is 1.86 bits per heavy atom. The van der Waals surface area contributed by atoms with Crippen LogP contribution in [0.1, 0.15) is 33.6 Å². The number of rotatable bonds is 1. The average molecular weight is 359 g/mol. The minimum Gasteiger partial charge on any atom is -0.748 e. The first-order valence-electron chi connectivity index (χ1n) is 7.04. The second-order valence-corrected chi connectivity index (χ2v) is 9.60. The monoisotopic (exact) mass is 359 g/mol. The molecule has 0 aromatic carbocycles.